The molecule has 10 heteroatoms. The van der Waals surface area contributed by atoms with E-state index >= 15 is 0 Å². The third-order valence-corrected chi connectivity index (χ3v) is 5.02. The van der Waals surface area contributed by atoms with Crippen LogP contribution in [0, 0.1) is 24.4 Å². The minimum Gasteiger partial charge on any atom is -0.354 e. The Bertz CT molecular complexity index is 1030. The van der Waals surface area contributed by atoms with E-state index < -0.39 is 34.3 Å². The summed E-state index contributed by atoms with van der Waals surface area (Å²) in [5.41, 5.74) is 0.921. The first-order valence-corrected chi connectivity index (χ1v) is 9.62. The van der Waals surface area contributed by atoms with E-state index in [1.54, 1.807) is 6.92 Å². The summed E-state index contributed by atoms with van der Waals surface area (Å²) >= 11 is 5.73. The van der Waals surface area contributed by atoms with Gasteiger partial charge in [0.05, 0.1) is 22.0 Å². The molecule has 0 fully saturated rings. The van der Waals surface area contributed by atoms with Crippen molar-refractivity contribution < 1.29 is 17.4 Å². The van der Waals surface area contributed by atoms with Gasteiger partial charge in [0, 0.05) is 18.0 Å². The molecule has 2 atom stereocenters. The summed E-state index contributed by atoms with van der Waals surface area (Å²) in [6.07, 6.45) is 2.32. The molecule has 0 aliphatic heterocycles. The van der Waals surface area contributed by atoms with Crippen molar-refractivity contribution in [3.05, 3.63) is 70.0 Å². The lowest BCUT2D eigenvalue weighted by Gasteiger charge is -2.18. The van der Waals surface area contributed by atoms with Gasteiger partial charge in [0.25, 0.3) is 0 Å². The minimum absolute atomic E-state index is 0.0745. The second-order valence-corrected chi connectivity index (χ2v) is 7.44. The summed E-state index contributed by atoms with van der Waals surface area (Å²) in [5, 5.41) is 3.02. The highest BCUT2D eigenvalue weighted by molar-refractivity contribution is 7.84. The Hall–Kier alpha value is -2.39. The molecule has 0 spiro atoms. The highest BCUT2D eigenvalue weighted by Gasteiger charge is 2.23. The van der Waals surface area contributed by atoms with Crippen molar-refractivity contribution >= 4 is 28.2 Å². The van der Waals surface area contributed by atoms with Crippen molar-refractivity contribution in [2.24, 2.45) is 0 Å². The third-order valence-electron chi connectivity index (χ3n) is 3.77. The zero-order valence-electron chi connectivity index (χ0n) is 14.2. The van der Waals surface area contributed by atoms with Gasteiger partial charge in [0.1, 0.15) is 28.5 Å². The molecule has 0 amide bonds. The van der Waals surface area contributed by atoms with Crippen molar-refractivity contribution in [2.45, 2.75) is 18.0 Å². The number of halogens is 4. The fourth-order valence-corrected chi connectivity index (χ4v) is 3.37. The van der Waals surface area contributed by atoms with Crippen molar-refractivity contribution in [1.29, 1.82) is 0 Å². The number of benzene rings is 1. The molecule has 0 aliphatic carbocycles. The SMILES string of the molecule is Cc1[nH]c([C@H](Nc2ncc(F)cc2F)c2ccc(Cl)c(F)c2)nc1[S@@](C)=O. The summed E-state index contributed by atoms with van der Waals surface area (Å²) in [6.45, 7) is 1.68. The smallest absolute Gasteiger partial charge is 0.168 e. The van der Waals surface area contributed by atoms with Crippen LogP contribution in [0.15, 0.2) is 35.5 Å². The molecular weight excluding hydrogens is 401 g/mol. The standard InChI is InChI=1S/C17H14ClF3N4OS/c1-8-17(27(2)26)25-16(23-8)14(9-3-4-11(18)12(20)5-9)24-15-13(21)6-10(19)7-22-15/h3-7,14H,1-2H3,(H,22,24)(H,23,25)/t14-,27-/m1/s1. The molecule has 0 bridgehead atoms. The predicted octanol–water partition coefficient (Wildman–Crippen LogP) is 4.12. The monoisotopic (exact) mass is 414 g/mol. The molecule has 1 aromatic carbocycles. The van der Waals surface area contributed by atoms with Gasteiger partial charge in [0.15, 0.2) is 11.6 Å². The molecule has 0 aliphatic rings. The summed E-state index contributed by atoms with van der Waals surface area (Å²) in [5.74, 6) is -2.40. The molecule has 2 heterocycles. The van der Waals surface area contributed by atoms with E-state index in [4.69, 9.17) is 11.6 Å². The topological polar surface area (TPSA) is 70.7 Å². The summed E-state index contributed by atoms with van der Waals surface area (Å²) in [6, 6.07) is 3.85. The fourth-order valence-electron chi connectivity index (χ4n) is 2.54. The number of hydrogen-bond donors (Lipinski definition) is 2. The van der Waals surface area contributed by atoms with Crippen LogP contribution in [0.25, 0.3) is 0 Å². The number of anilines is 1. The lowest BCUT2D eigenvalue weighted by atomic mass is 10.1. The first-order valence-electron chi connectivity index (χ1n) is 7.68. The highest BCUT2D eigenvalue weighted by Crippen LogP contribution is 2.29. The summed E-state index contributed by atoms with van der Waals surface area (Å²) in [7, 11) is -1.36. The number of pyridine rings is 1. The van der Waals surface area contributed by atoms with Gasteiger partial charge >= 0.3 is 0 Å². The number of imidazole rings is 1. The highest BCUT2D eigenvalue weighted by atomic mass is 35.5. The summed E-state index contributed by atoms with van der Waals surface area (Å²) in [4.78, 5) is 10.9. The molecule has 3 rings (SSSR count). The van der Waals surface area contributed by atoms with Crippen molar-refractivity contribution in [3.63, 3.8) is 0 Å². The van der Waals surface area contributed by atoms with E-state index in [-0.39, 0.29) is 16.7 Å². The van der Waals surface area contributed by atoms with Crippen LogP contribution in [-0.4, -0.2) is 25.4 Å². The van der Waals surface area contributed by atoms with Crippen LogP contribution in [-0.2, 0) is 10.8 Å². The quantitative estimate of drug-likeness (QED) is 0.658. The Morgan fingerprint density at radius 3 is 2.56 bits per heavy atom. The Labute approximate surface area is 160 Å². The number of aryl methyl sites for hydroxylation is 1. The van der Waals surface area contributed by atoms with E-state index in [0.29, 0.717) is 22.3 Å². The Balaban J connectivity index is 2.09. The van der Waals surface area contributed by atoms with Crippen LogP contribution in [0.5, 0.6) is 0 Å². The molecule has 0 saturated heterocycles. The van der Waals surface area contributed by atoms with Gasteiger partial charge in [-0.25, -0.2) is 23.1 Å². The average Bonchev–Trinajstić information content (AvgIpc) is 2.98. The third kappa shape index (κ3) is 4.14. The molecule has 0 radical (unpaired) electrons. The lowest BCUT2D eigenvalue weighted by Crippen LogP contribution is -2.16. The van der Waals surface area contributed by atoms with Crippen LogP contribution in [0.3, 0.4) is 0 Å². The maximum absolute atomic E-state index is 14.1. The number of aromatic nitrogens is 3. The molecule has 0 unspecified atom stereocenters. The molecule has 142 valence electrons. The lowest BCUT2D eigenvalue weighted by molar-refractivity contribution is 0.574. The first kappa shape index (κ1) is 19.4. The molecule has 27 heavy (non-hydrogen) atoms. The zero-order valence-corrected chi connectivity index (χ0v) is 15.8. The number of aromatic amines is 1. The van der Waals surface area contributed by atoms with Gasteiger partial charge in [-0.05, 0) is 24.6 Å². The second kappa shape index (κ2) is 7.69. The first-order chi connectivity index (χ1) is 12.8. The normalized spacial score (nSPS) is 13.4. The average molecular weight is 415 g/mol. The van der Waals surface area contributed by atoms with E-state index in [9.17, 15) is 17.4 Å². The number of hydrogen-bond acceptors (Lipinski definition) is 4. The Morgan fingerprint density at radius 2 is 1.96 bits per heavy atom. The maximum atomic E-state index is 14.1. The molecule has 5 nitrogen and oxygen atoms in total. The molecular formula is C17H14ClF3N4OS. The Kier molecular flexibility index (Phi) is 5.52. The van der Waals surface area contributed by atoms with Crippen LogP contribution in [0.2, 0.25) is 5.02 Å². The van der Waals surface area contributed by atoms with Crippen molar-refractivity contribution in [3.8, 4) is 0 Å². The van der Waals surface area contributed by atoms with Gasteiger partial charge in [-0.15, -0.1) is 0 Å². The number of nitrogens with zero attached hydrogens (tertiary/aromatic N) is 2. The number of nitrogens with one attached hydrogen (secondary N) is 2. The van der Waals surface area contributed by atoms with Gasteiger partial charge in [-0.1, -0.05) is 17.7 Å². The van der Waals surface area contributed by atoms with Crippen molar-refractivity contribution in [2.75, 3.05) is 11.6 Å². The van der Waals surface area contributed by atoms with E-state index in [0.717, 1.165) is 6.20 Å². The molecule has 3 aromatic rings. The van der Waals surface area contributed by atoms with Gasteiger partial charge in [-0.2, -0.15) is 0 Å². The van der Waals surface area contributed by atoms with E-state index in [1.165, 1.54) is 24.5 Å². The molecule has 0 saturated carbocycles. The maximum Gasteiger partial charge on any atom is 0.168 e. The zero-order chi connectivity index (χ0) is 19.7. The molecule has 2 aromatic heterocycles. The second-order valence-electron chi connectivity index (χ2n) is 5.74. The van der Waals surface area contributed by atoms with E-state index in [2.05, 4.69) is 20.3 Å². The largest absolute Gasteiger partial charge is 0.354 e. The fraction of sp³-hybridized carbons (Fsp3) is 0.176. The van der Waals surface area contributed by atoms with Gasteiger partial charge < -0.3 is 10.3 Å². The number of rotatable bonds is 5. The van der Waals surface area contributed by atoms with E-state index in [1.807, 2.05) is 0 Å². The van der Waals surface area contributed by atoms with Crippen molar-refractivity contribution in [1.82, 2.24) is 15.0 Å². The summed E-state index contributed by atoms with van der Waals surface area (Å²) < 4.78 is 53.0. The van der Waals surface area contributed by atoms with Crippen LogP contribution in [0.1, 0.15) is 23.1 Å². The van der Waals surface area contributed by atoms with Gasteiger partial charge in [-0.3, -0.25) is 4.21 Å². The van der Waals surface area contributed by atoms with Crippen LogP contribution in [0.4, 0.5) is 19.0 Å². The minimum atomic E-state index is -1.36. The number of H-pyrrole nitrogens is 1. The van der Waals surface area contributed by atoms with Gasteiger partial charge in [0.2, 0.25) is 0 Å². The van der Waals surface area contributed by atoms with Crippen LogP contribution < -0.4 is 5.32 Å². The van der Waals surface area contributed by atoms with Crippen LogP contribution >= 0.6 is 11.6 Å². The Morgan fingerprint density at radius 1 is 1.22 bits per heavy atom. The predicted molar refractivity (Wildman–Crippen MR) is 96.7 cm³/mol. The molecule has 2 N–H and O–H groups in total.